The molecule has 0 atom stereocenters. The Morgan fingerprint density at radius 1 is 1.43 bits per heavy atom. The van der Waals surface area contributed by atoms with Gasteiger partial charge in [-0.1, -0.05) is 5.16 Å². The van der Waals surface area contributed by atoms with E-state index < -0.39 is 0 Å². The van der Waals surface area contributed by atoms with E-state index in [4.69, 9.17) is 10.3 Å². The summed E-state index contributed by atoms with van der Waals surface area (Å²) in [7, 11) is 0. The van der Waals surface area contributed by atoms with Crippen LogP contribution in [0.25, 0.3) is 10.9 Å². The molecule has 1 aromatic carbocycles. The zero-order chi connectivity index (χ0) is 9.76. The van der Waals surface area contributed by atoms with Crippen LogP contribution in [0.15, 0.2) is 22.7 Å². The number of aromatic hydroxyl groups is 1. The molecule has 1 saturated carbocycles. The molecule has 4 nitrogen and oxygen atoms in total. The lowest BCUT2D eigenvalue weighted by Gasteiger charge is -2.02. The Hall–Kier alpha value is -1.55. The fourth-order valence-electron chi connectivity index (χ4n) is 1.65. The summed E-state index contributed by atoms with van der Waals surface area (Å²) in [5, 5.41) is 14.1. The quantitative estimate of drug-likeness (QED) is 0.714. The summed E-state index contributed by atoms with van der Waals surface area (Å²) in [6.45, 7) is 0. The lowest BCUT2D eigenvalue weighted by Crippen LogP contribution is -2.17. The van der Waals surface area contributed by atoms with Gasteiger partial charge < -0.3 is 15.4 Å². The highest BCUT2D eigenvalue weighted by Crippen LogP contribution is 2.45. The molecule has 3 rings (SSSR count). The zero-order valence-corrected chi connectivity index (χ0v) is 7.53. The van der Waals surface area contributed by atoms with Gasteiger partial charge in [-0.15, -0.1) is 0 Å². The number of hydrogen-bond acceptors (Lipinski definition) is 4. The molecule has 0 saturated heterocycles. The van der Waals surface area contributed by atoms with Gasteiger partial charge >= 0.3 is 0 Å². The highest BCUT2D eigenvalue weighted by molar-refractivity contribution is 5.83. The van der Waals surface area contributed by atoms with Crippen LogP contribution in [-0.4, -0.2) is 10.3 Å². The summed E-state index contributed by atoms with van der Waals surface area (Å²) in [6.07, 6.45) is 1.85. The van der Waals surface area contributed by atoms with Crippen molar-refractivity contribution in [2.75, 3.05) is 0 Å². The fraction of sp³-hybridized carbons (Fsp3) is 0.300. The van der Waals surface area contributed by atoms with Crippen molar-refractivity contribution in [1.29, 1.82) is 0 Å². The molecule has 2 aromatic rings. The predicted octanol–water partition coefficient (Wildman–Crippen LogP) is 1.48. The predicted molar refractivity (Wildman–Crippen MR) is 50.8 cm³/mol. The molecule has 1 aliphatic carbocycles. The van der Waals surface area contributed by atoms with Crippen LogP contribution in [0, 0.1) is 0 Å². The lowest BCUT2D eigenvalue weighted by molar-refractivity contribution is 0.362. The van der Waals surface area contributed by atoms with E-state index in [0.717, 1.165) is 23.7 Å². The van der Waals surface area contributed by atoms with Crippen LogP contribution < -0.4 is 5.73 Å². The van der Waals surface area contributed by atoms with E-state index >= 15 is 0 Å². The van der Waals surface area contributed by atoms with Crippen LogP contribution in [-0.2, 0) is 5.54 Å². The monoisotopic (exact) mass is 190 g/mol. The van der Waals surface area contributed by atoms with Gasteiger partial charge in [0.15, 0.2) is 5.76 Å². The minimum Gasteiger partial charge on any atom is -0.508 e. The maximum Gasteiger partial charge on any atom is 0.164 e. The third-order valence-electron chi connectivity index (χ3n) is 2.70. The van der Waals surface area contributed by atoms with Gasteiger partial charge in [-0.05, 0) is 31.0 Å². The normalized spacial score (nSPS) is 18.6. The third kappa shape index (κ3) is 0.943. The van der Waals surface area contributed by atoms with Gasteiger partial charge in [0.2, 0.25) is 0 Å². The molecule has 1 heterocycles. The van der Waals surface area contributed by atoms with E-state index in [1.54, 1.807) is 18.2 Å². The van der Waals surface area contributed by atoms with Crippen molar-refractivity contribution in [2.24, 2.45) is 5.73 Å². The summed E-state index contributed by atoms with van der Waals surface area (Å²) in [5.74, 6) is 0.912. The number of benzene rings is 1. The number of phenolic OH excluding ortho intramolecular Hbond substituents is 1. The first kappa shape index (κ1) is 7.82. The van der Waals surface area contributed by atoms with Crippen molar-refractivity contribution >= 4 is 10.9 Å². The van der Waals surface area contributed by atoms with Crippen LogP contribution in [0.1, 0.15) is 18.6 Å². The van der Waals surface area contributed by atoms with Crippen molar-refractivity contribution < 1.29 is 9.63 Å². The van der Waals surface area contributed by atoms with Crippen molar-refractivity contribution in [3.8, 4) is 5.75 Å². The molecule has 0 aliphatic heterocycles. The van der Waals surface area contributed by atoms with Gasteiger partial charge in [0.05, 0.1) is 10.9 Å². The van der Waals surface area contributed by atoms with E-state index in [1.807, 2.05) is 0 Å². The molecule has 4 heteroatoms. The van der Waals surface area contributed by atoms with Gasteiger partial charge in [0.1, 0.15) is 11.3 Å². The second-order valence-corrected chi connectivity index (χ2v) is 3.87. The number of fused-ring (bicyclic) bond motifs is 1. The number of nitrogens with zero attached hydrogens (tertiary/aromatic N) is 1. The highest BCUT2D eigenvalue weighted by atomic mass is 16.5. The molecule has 0 bridgehead atoms. The summed E-state index contributed by atoms with van der Waals surface area (Å²) in [4.78, 5) is 0. The van der Waals surface area contributed by atoms with E-state index in [9.17, 15) is 5.11 Å². The third-order valence-corrected chi connectivity index (χ3v) is 2.70. The van der Waals surface area contributed by atoms with Crippen molar-refractivity contribution in [3.05, 3.63) is 24.0 Å². The van der Waals surface area contributed by atoms with E-state index in [0.29, 0.717) is 5.76 Å². The minimum absolute atomic E-state index is 0.214. The number of nitrogens with two attached hydrogens (primary N) is 1. The first-order valence-corrected chi connectivity index (χ1v) is 4.57. The molecule has 1 aromatic heterocycles. The minimum atomic E-state index is -0.345. The van der Waals surface area contributed by atoms with Gasteiger partial charge in [0, 0.05) is 0 Å². The lowest BCUT2D eigenvalue weighted by atomic mass is 10.1. The van der Waals surface area contributed by atoms with Gasteiger partial charge in [0.25, 0.3) is 0 Å². The summed E-state index contributed by atoms with van der Waals surface area (Å²) in [6, 6.07) is 4.96. The maximum atomic E-state index is 9.35. The average molecular weight is 190 g/mol. The van der Waals surface area contributed by atoms with Crippen molar-refractivity contribution in [3.63, 3.8) is 0 Å². The molecule has 1 aliphatic rings. The van der Waals surface area contributed by atoms with Gasteiger partial charge in [-0.2, -0.15) is 0 Å². The van der Waals surface area contributed by atoms with Crippen LogP contribution >= 0.6 is 0 Å². The number of phenols is 1. The molecule has 1 fully saturated rings. The maximum absolute atomic E-state index is 9.35. The molecule has 0 radical (unpaired) electrons. The average Bonchev–Trinajstić information content (AvgIpc) is 2.77. The Bertz CT molecular complexity index is 500. The van der Waals surface area contributed by atoms with E-state index in [1.165, 1.54) is 0 Å². The Labute approximate surface area is 80.3 Å². The SMILES string of the molecule is NC1(c2onc3ccc(O)cc23)CC1. The zero-order valence-electron chi connectivity index (χ0n) is 7.53. The van der Waals surface area contributed by atoms with Crippen LogP contribution in [0.4, 0.5) is 0 Å². The second-order valence-electron chi connectivity index (χ2n) is 3.87. The number of rotatable bonds is 1. The number of aromatic nitrogens is 1. The summed E-state index contributed by atoms with van der Waals surface area (Å²) < 4.78 is 5.21. The molecule has 0 amide bonds. The van der Waals surface area contributed by atoms with Crippen molar-refractivity contribution in [1.82, 2.24) is 5.16 Å². The smallest absolute Gasteiger partial charge is 0.164 e. The molecular weight excluding hydrogens is 180 g/mol. The first-order valence-electron chi connectivity index (χ1n) is 4.57. The van der Waals surface area contributed by atoms with E-state index in [2.05, 4.69) is 5.16 Å². The Morgan fingerprint density at radius 2 is 2.21 bits per heavy atom. The largest absolute Gasteiger partial charge is 0.508 e. The first-order chi connectivity index (χ1) is 6.69. The Balaban J connectivity index is 2.29. The van der Waals surface area contributed by atoms with Crippen LogP contribution in [0.5, 0.6) is 5.75 Å². The standard InChI is InChI=1S/C10H10N2O2/c11-10(3-4-10)9-7-5-6(13)1-2-8(7)12-14-9/h1-2,5,13H,3-4,11H2. The van der Waals surface area contributed by atoms with Gasteiger partial charge in [-0.3, -0.25) is 0 Å². The second kappa shape index (κ2) is 2.27. The fourth-order valence-corrected chi connectivity index (χ4v) is 1.65. The van der Waals surface area contributed by atoms with Crippen LogP contribution in [0.3, 0.4) is 0 Å². The van der Waals surface area contributed by atoms with Crippen molar-refractivity contribution in [2.45, 2.75) is 18.4 Å². The molecule has 0 spiro atoms. The number of hydrogen-bond donors (Lipinski definition) is 2. The van der Waals surface area contributed by atoms with Crippen LogP contribution in [0.2, 0.25) is 0 Å². The molecule has 0 unspecified atom stereocenters. The topological polar surface area (TPSA) is 72.3 Å². The Kier molecular flexibility index (Phi) is 1.27. The summed E-state index contributed by atoms with van der Waals surface area (Å²) >= 11 is 0. The molecular formula is C10H10N2O2. The molecule has 72 valence electrons. The molecule has 14 heavy (non-hydrogen) atoms. The van der Waals surface area contributed by atoms with E-state index in [-0.39, 0.29) is 11.3 Å². The molecule has 3 N–H and O–H groups in total. The highest BCUT2D eigenvalue weighted by Gasteiger charge is 2.45. The Morgan fingerprint density at radius 3 is 2.93 bits per heavy atom. The summed E-state index contributed by atoms with van der Waals surface area (Å²) in [5.41, 5.74) is 6.41. The van der Waals surface area contributed by atoms with Gasteiger partial charge in [-0.25, -0.2) is 0 Å².